The average molecular weight is 242 g/mol. The van der Waals surface area contributed by atoms with Crippen LogP contribution in [0.25, 0.3) is 10.9 Å². The van der Waals surface area contributed by atoms with Gasteiger partial charge in [-0.3, -0.25) is 0 Å². The largest absolute Gasteiger partial charge is 0.411 e. The van der Waals surface area contributed by atoms with Gasteiger partial charge in [0.15, 0.2) is 0 Å². The average Bonchev–Trinajstić information content (AvgIpc) is 2.47. The molecule has 0 unspecified atom stereocenters. The van der Waals surface area contributed by atoms with Gasteiger partial charge in [-0.2, -0.15) is 10.2 Å². The number of benzene rings is 1. The number of rotatable bonds is 1. The van der Waals surface area contributed by atoms with Gasteiger partial charge in [0.1, 0.15) is 0 Å². The second-order valence-corrected chi connectivity index (χ2v) is 4.40. The van der Waals surface area contributed by atoms with Crippen LogP contribution in [0.4, 0.5) is 5.69 Å². The van der Waals surface area contributed by atoms with Crippen LogP contribution in [0, 0.1) is 0 Å². The summed E-state index contributed by atoms with van der Waals surface area (Å²) in [7, 11) is 0. The minimum atomic E-state index is 0.799. The summed E-state index contributed by atoms with van der Waals surface area (Å²) in [6, 6.07) is 8.01. The van der Waals surface area contributed by atoms with Crippen molar-refractivity contribution >= 4 is 22.3 Å². The predicted molar refractivity (Wildman–Crippen MR) is 70.2 cm³/mol. The minimum absolute atomic E-state index is 0.799. The van der Waals surface area contributed by atoms with E-state index in [1.54, 1.807) is 0 Å². The second kappa shape index (κ2) is 4.60. The summed E-state index contributed by atoms with van der Waals surface area (Å²) in [5.41, 5.74) is 2.90. The summed E-state index contributed by atoms with van der Waals surface area (Å²) >= 11 is 0. The smallest absolute Gasteiger partial charge is 0.0950 e. The zero-order valence-electron chi connectivity index (χ0n) is 9.95. The van der Waals surface area contributed by atoms with Gasteiger partial charge in [-0.05, 0) is 6.07 Å². The molecule has 2 aromatic rings. The van der Waals surface area contributed by atoms with Crippen molar-refractivity contribution in [3.63, 3.8) is 0 Å². The number of hydrogen-bond acceptors (Lipinski definition) is 5. The molecule has 0 amide bonds. The number of fused-ring (bicyclic) bond motifs is 1. The highest BCUT2D eigenvalue weighted by Gasteiger charge is 2.17. The van der Waals surface area contributed by atoms with E-state index in [1.165, 1.54) is 0 Å². The van der Waals surface area contributed by atoms with Crippen LogP contribution in [-0.4, -0.2) is 34.2 Å². The first-order valence-electron chi connectivity index (χ1n) is 6.03. The van der Waals surface area contributed by atoms with Crippen LogP contribution in [-0.2, 0) is 0 Å². The molecule has 1 aliphatic rings. The summed E-state index contributed by atoms with van der Waals surface area (Å²) in [5, 5.41) is 21.4. The topological polar surface area (TPSA) is 61.6 Å². The molecule has 1 aromatic heterocycles. The van der Waals surface area contributed by atoms with Crippen LogP contribution in [0.1, 0.15) is 12.8 Å². The highest BCUT2D eigenvalue weighted by Crippen LogP contribution is 2.26. The van der Waals surface area contributed by atoms with E-state index in [2.05, 4.69) is 26.3 Å². The molecular weight excluding hydrogens is 228 g/mol. The van der Waals surface area contributed by atoms with Crippen molar-refractivity contribution in [3.05, 3.63) is 30.5 Å². The Hall–Kier alpha value is -2.17. The van der Waals surface area contributed by atoms with E-state index >= 15 is 0 Å². The fourth-order valence-electron chi connectivity index (χ4n) is 2.35. The van der Waals surface area contributed by atoms with E-state index < -0.39 is 0 Å². The Labute approximate surface area is 105 Å². The van der Waals surface area contributed by atoms with E-state index in [0.29, 0.717) is 0 Å². The normalized spacial score (nSPS) is 16.0. The fourth-order valence-corrected chi connectivity index (χ4v) is 2.35. The SMILES string of the molecule is ON=C1CCN(c2cnnc3ccccc23)CC1. The fraction of sp³-hybridized carbons (Fsp3) is 0.308. The molecule has 1 aromatic carbocycles. The lowest BCUT2D eigenvalue weighted by atomic mass is 10.1. The highest BCUT2D eigenvalue weighted by molar-refractivity contribution is 5.92. The van der Waals surface area contributed by atoms with Crippen molar-refractivity contribution in [2.24, 2.45) is 5.16 Å². The predicted octanol–water partition coefficient (Wildman–Crippen LogP) is 2.06. The Morgan fingerprint density at radius 1 is 1.17 bits per heavy atom. The third kappa shape index (κ3) is 1.88. The molecule has 0 spiro atoms. The number of oxime groups is 1. The van der Waals surface area contributed by atoms with E-state index in [0.717, 1.165) is 48.2 Å². The molecular formula is C13H14N4O. The van der Waals surface area contributed by atoms with Crippen LogP contribution >= 0.6 is 0 Å². The molecule has 0 bridgehead atoms. The molecule has 0 radical (unpaired) electrons. The van der Waals surface area contributed by atoms with Gasteiger partial charge in [-0.1, -0.05) is 23.4 Å². The van der Waals surface area contributed by atoms with Gasteiger partial charge < -0.3 is 10.1 Å². The molecule has 18 heavy (non-hydrogen) atoms. The lowest BCUT2D eigenvalue weighted by molar-refractivity contribution is 0.315. The maximum absolute atomic E-state index is 8.77. The lowest BCUT2D eigenvalue weighted by Crippen LogP contribution is -2.34. The van der Waals surface area contributed by atoms with Crippen molar-refractivity contribution in [1.82, 2.24) is 10.2 Å². The quantitative estimate of drug-likeness (QED) is 0.614. The molecule has 92 valence electrons. The maximum Gasteiger partial charge on any atom is 0.0950 e. The molecule has 3 rings (SSSR count). The van der Waals surface area contributed by atoms with Crippen molar-refractivity contribution < 1.29 is 5.21 Å². The first-order valence-corrected chi connectivity index (χ1v) is 6.03. The zero-order chi connectivity index (χ0) is 12.4. The highest BCUT2D eigenvalue weighted by atomic mass is 16.4. The van der Waals surface area contributed by atoms with Gasteiger partial charge >= 0.3 is 0 Å². The Bertz CT molecular complexity index is 581. The van der Waals surface area contributed by atoms with E-state index in [9.17, 15) is 0 Å². The minimum Gasteiger partial charge on any atom is -0.411 e. The first kappa shape index (κ1) is 11.0. The van der Waals surface area contributed by atoms with Crippen LogP contribution in [0.3, 0.4) is 0 Å². The van der Waals surface area contributed by atoms with E-state index in [1.807, 2.05) is 24.4 Å². The third-order valence-electron chi connectivity index (χ3n) is 3.35. The number of nitrogens with zero attached hydrogens (tertiary/aromatic N) is 4. The molecule has 1 aliphatic heterocycles. The lowest BCUT2D eigenvalue weighted by Gasteiger charge is -2.29. The van der Waals surface area contributed by atoms with E-state index in [-0.39, 0.29) is 0 Å². The van der Waals surface area contributed by atoms with Gasteiger partial charge in [0.05, 0.1) is 23.1 Å². The van der Waals surface area contributed by atoms with Crippen LogP contribution in [0.15, 0.2) is 35.6 Å². The number of hydrogen-bond donors (Lipinski definition) is 1. The molecule has 1 N–H and O–H groups in total. The monoisotopic (exact) mass is 242 g/mol. The van der Waals surface area contributed by atoms with Gasteiger partial charge in [0.25, 0.3) is 0 Å². The molecule has 1 saturated heterocycles. The molecule has 5 heteroatoms. The van der Waals surface area contributed by atoms with Crippen molar-refractivity contribution in [2.75, 3.05) is 18.0 Å². The van der Waals surface area contributed by atoms with Crippen molar-refractivity contribution in [1.29, 1.82) is 0 Å². The molecule has 0 atom stereocenters. The van der Waals surface area contributed by atoms with Crippen LogP contribution < -0.4 is 4.90 Å². The molecule has 1 fully saturated rings. The number of piperidine rings is 1. The van der Waals surface area contributed by atoms with Gasteiger partial charge in [0, 0.05) is 31.3 Å². The van der Waals surface area contributed by atoms with Gasteiger partial charge in [0.2, 0.25) is 0 Å². The summed E-state index contributed by atoms with van der Waals surface area (Å²) in [4.78, 5) is 2.27. The third-order valence-corrected chi connectivity index (χ3v) is 3.35. The number of aromatic nitrogens is 2. The Morgan fingerprint density at radius 2 is 1.94 bits per heavy atom. The molecule has 0 aliphatic carbocycles. The zero-order valence-corrected chi connectivity index (χ0v) is 9.95. The van der Waals surface area contributed by atoms with Crippen molar-refractivity contribution in [3.8, 4) is 0 Å². The maximum atomic E-state index is 8.77. The number of anilines is 1. The summed E-state index contributed by atoms with van der Waals surface area (Å²) < 4.78 is 0. The summed E-state index contributed by atoms with van der Waals surface area (Å²) in [6.07, 6.45) is 3.41. The van der Waals surface area contributed by atoms with Crippen LogP contribution in [0.5, 0.6) is 0 Å². The Morgan fingerprint density at radius 3 is 2.72 bits per heavy atom. The molecule has 2 heterocycles. The summed E-state index contributed by atoms with van der Waals surface area (Å²) in [6.45, 7) is 1.71. The van der Waals surface area contributed by atoms with Gasteiger partial charge in [-0.15, -0.1) is 0 Å². The second-order valence-electron chi connectivity index (χ2n) is 4.40. The van der Waals surface area contributed by atoms with Crippen molar-refractivity contribution in [2.45, 2.75) is 12.8 Å². The molecule has 0 saturated carbocycles. The Balaban J connectivity index is 1.95. The van der Waals surface area contributed by atoms with Gasteiger partial charge in [-0.25, -0.2) is 0 Å². The first-order chi connectivity index (χ1) is 8.88. The Kier molecular flexibility index (Phi) is 2.80. The van der Waals surface area contributed by atoms with Crippen LogP contribution in [0.2, 0.25) is 0 Å². The van der Waals surface area contributed by atoms with E-state index in [4.69, 9.17) is 5.21 Å². The molecule has 5 nitrogen and oxygen atoms in total. The standard InChI is InChI=1S/C13H14N4O/c18-16-10-5-7-17(8-6-10)13-9-14-15-12-4-2-1-3-11(12)13/h1-4,9,18H,5-8H2. The summed E-state index contributed by atoms with van der Waals surface area (Å²) in [5.74, 6) is 0.